The number of fused-ring (bicyclic) bond motifs is 2. The van der Waals surface area contributed by atoms with Crippen LogP contribution in [-0.2, 0) is 4.79 Å². The number of nitrogens with one attached hydrogen (secondary N) is 1. The van der Waals surface area contributed by atoms with E-state index in [0.717, 1.165) is 27.2 Å². The van der Waals surface area contributed by atoms with Gasteiger partial charge in [0.15, 0.2) is 0 Å². The zero-order chi connectivity index (χ0) is 21.0. The van der Waals surface area contributed by atoms with Gasteiger partial charge in [-0.3, -0.25) is 4.79 Å². The summed E-state index contributed by atoms with van der Waals surface area (Å²) in [5.41, 5.74) is 3.14. The lowest BCUT2D eigenvalue weighted by molar-refractivity contribution is -0.116. The molecule has 0 aliphatic carbocycles. The first kappa shape index (κ1) is 19.0. The molecule has 0 unspecified atom stereocenters. The molecule has 1 amide bonds. The van der Waals surface area contributed by atoms with Gasteiger partial charge in [0.25, 0.3) is 0 Å². The van der Waals surface area contributed by atoms with Gasteiger partial charge in [-0.1, -0.05) is 29.0 Å². The molecule has 3 heterocycles. The smallest absolute Gasteiger partial charge is 0.226 e. The van der Waals surface area contributed by atoms with Gasteiger partial charge in [-0.25, -0.2) is 9.37 Å². The van der Waals surface area contributed by atoms with Gasteiger partial charge in [0, 0.05) is 22.9 Å². The highest BCUT2D eigenvalue weighted by Crippen LogP contribution is 2.43. The molecule has 0 fully saturated rings. The number of methoxy groups -OCH3 is 1. The summed E-state index contributed by atoms with van der Waals surface area (Å²) >= 11 is 7.77. The molecular weight excluding hydrogens is 427 g/mol. The molecule has 152 valence electrons. The maximum atomic E-state index is 13.6. The van der Waals surface area contributed by atoms with Crippen molar-refractivity contribution in [3.8, 4) is 10.9 Å². The van der Waals surface area contributed by atoms with Crippen LogP contribution >= 0.6 is 22.9 Å². The van der Waals surface area contributed by atoms with Crippen molar-refractivity contribution in [2.24, 2.45) is 0 Å². The molecule has 9 heteroatoms. The van der Waals surface area contributed by atoms with E-state index in [1.807, 2.05) is 25.1 Å². The lowest BCUT2D eigenvalue weighted by atomic mass is 9.86. The first-order valence-corrected chi connectivity index (χ1v) is 10.4. The number of aromatic nitrogens is 3. The molecule has 6 nitrogen and oxygen atoms in total. The summed E-state index contributed by atoms with van der Waals surface area (Å²) in [6.45, 7) is 1.88. The van der Waals surface area contributed by atoms with Crippen LogP contribution in [0, 0.1) is 12.7 Å². The van der Waals surface area contributed by atoms with E-state index in [9.17, 15) is 9.18 Å². The number of benzene rings is 2. The highest BCUT2D eigenvalue weighted by molar-refractivity contribution is 7.20. The van der Waals surface area contributed by atoms with Crippen molar-refractivity contribution >= 4 is 44.9 Å². The van der Waals surface area contributed by atoms with Crippen LogP contribution in [0.25, 0.3) is 15.3 Å². The number of anilines is 1. The Kier molecular flexibility index (Phi) is 4.48. The number of carbonyl (C=O) groups is 1. The van der Waals surface area contributed by atoms with Crippen molar-refractivity contribution < 1.29 is 13.9 Å². The van der Waals surface area contributed by atoms with E-state index in [1.54, 1.807) is 17.9 Å². The fraction of sp³-hybridized carbons (Fsp3) is 0.190. The number of halogens is 2. The second kappa shape index (κ2) is 7.07. The summed E-state index contributed by atoms with van der Waals surface area (Å²) < 4.78 is 21.4. The van der Waals surface area contributed by atoms with E-state index in [-0.39, 0.29) is 18.2 Å². The molecule has 1 aliphatic heterocycles. The van der Waals surface area contributed by atoms with E-state index in [4.69, 9.17) is 16.3 Å². The zero-order valence-corrected chi connectivity index (χ0v) is 17.6. The van der Waals surface area contributed by atoms with E-state index in [1.165, 1.54) is 23.5 Å². The average Bonchev–Trinajstić information content (AvgIpc) is 3.27. The number of ether oxygens (including phenoxy) is 1. The van der Waals surface area contributed by atoms with E-state index in [2.05, 4.69) is 15.4 Å². The van der Waals surface area contributed by atoms with Crippen molar-refractivity contribution in [2.75, 3.05) is 12.4 Å². The van der Waals surface area contributed by atoms with Gasteiger partial charge in [0.1, 0.15) is 17.4 Å². The van der Waals surface area contributed by atoms with Crippen molar-refractivity contribution in [2.45, 2.75) is 19.3 Å². The van der Waals surface area contributed by atoms with Gasteiger partial charge < -0.3 is 10.1 Å². The van der Waals surface area contributed by atoms with Gasteiger partial charge in [-0.05, 0) is 42.8 Å². The fourth-order valence-electron chi connectivity index (χ4n) is 3.85. The maximum absolute atomic E-state index is 13.6. The number of amides is 1. The third kappa shape index (κ3) is 3.03. The van der Waals surface area contributed by atoms with E-state index >= 15 is 0 Å². The third-order valence-electron chi connectivity index (χ3n) is 5.21. The Morgan fingerprint density at radius 2 is 2.13 bits per heavy atom. The molecule has 5 rings (SSSR count). The Balaban J connectivity index is 1.66. The molecule has 2 aromatic heterocycles. The summed E-state index contributed by atoms with van der Waals surface area (Å²) in [5.74, 6) is 0.430. The monoisotopic (exact) mass is 442 g/mol. The quantitative estimate of drug-likeness (QED) is 0.481. The number of aryl methyl sites for hydroxylation is 1. The fourth-order valence-corrected chi connectivity index (χ4v) is 5.10. The molecule has 4 aromatic rings. The standard InChI is InChI=1S/C21H16ClFN4O2S/c1-10-19-14(13-5-3-11(23)7-15(13)22)9-18(28)25-20(19)27(26-10)21-24-16-6-4-12(29-2)8-17(16)30-21/h3-8,14H,9H2,1-2H3,(H,25,28)/t14-/m0/s1. The summed E-state index contributed by atoms with van der Waals surface area (Å²) in [4.78, 5) is 17.2. The highest BCUT2D eigenvalue weighted by Gasteiger charge is 2.34. The molecule has 2 aromatic carbocycles. The number of rotatable bonds is 3. The summed E-state index contributed by atoms with van der Waals surface area (Å²) in [6, 6.07) is 9.91. The number of nitrogens with zero attached hydrogens (tertiary/aromatic N) is 3. The second-order valence-electron chi connectivity index (χ2n) is 7.06. The molecule has 0 bridgehead atoms. The Morgan fingerprint density at radius 1 is 1.30 bits per heavy atom. The number of hydrogen-bond donors (Lipinski definition) is 1. The van der Waals surface area contributed by atoms with Crippen LogP contribution in [0.3, 0.4) is 0 Å². The van der Waals surface area contributed by atoms with Crippen LogP contribution in [0.15, 0.2) is 36.4 Å². The van der Waals surface area contributed by atoms with Crippen molar-refractivity contribution in [1.29, 1.82) is 0 Å². The lowest BCUT2D eigenvalue weighted by Gasteiger charge is -2.24. The average molecular weight is 443 g/mol. The Morgan fingerprint density at radius 3 is 2.90 bits per heavy atom. The predicted molar refractivity (Wildman–Crippen MR) is 115 cm³/mol. The van der Waals surface area contributed by atoms with Gasteiger partial charge >= 0.3 is 0 Å². The van der Waals surface area contributed by atoms with E-state index in [0.29, 0.717) is 21.5 Å². The minimum atomic E-state index is -0.415. The summed E-state index contributed by atoms with van der Waals surface area (Å²) in [6.07, 6.45) is 0.210. The van der Waals surface area contributed by atoms with Crippen molar-refractivity contribution in [3.05, 3.63) is 64.1 Å². The zero-order valence-electron chi connectivity index (χ0n) is 16.1. The normalized spacial score (nSPS) is 15.9. The largest absolute Gasteiger partial charge is 0.497 e. The SMILES string of the molecule is COc1ccc2nc(-n3nc(C)c4c3NC(=O)C[C@H]4c3ccc(F)cc3Cl)sc2c1. The van der Waals surface area contributed by atoms with Crippen LogP contribution in [0.2, 0.25) is 5.02 Å². The van der Waals surface area contributed by atoms with Crippen molar-refractivity contribution in [3.63, 3.8) is 0 Å². The number of thiazole rings is 1. The van der Waals surface area contributed by atoms with Crippen LogP contribution in [0.5, 0.6) is 5.75 Å². The minimum absolute atomic E-state index is 0.156. The molecular formula is C21H16ClFN4O2S. The molecule has 1 N–H and O–H groups in total. The summed E-state index contributed by atoms with van der Waals surface area (Å²) in [7, 11) is 1.62. The molecule has 30 heavy (non-hydrogen) atoms. The third-order valence-corrected chi connectivity index (χ3v) is 6.53. The number of carbonyl (C=O) groups excluding carboxylic acids is 1. The molecule has 0 saturated heterocycles. The van der Waals surface area contributed by atoms with Gasteiger partial charge in [0.05, 0.1) is 23.0 Å². The van der Waals surface area contributed by atoms with Crippen LogP contribution < -0.4 is 10.1 Å². The molecule has 0 saturated carbocycles. The Hall–Kier alpha value is -2.97. The van der Waals surface area contributed by atoms with Crippen LogP contribution in [0.4, 0.5) is 10.2 Å². The van der Waals surface area contributed by atoms with Crippen LogP contribution in [0.1, 0.15) is 29.2 Å². The van der Waals surface area contributed by atoms with Crippen LogP contribution in [-0.4, -0.2) is 27.8 Å². The molecule has 0 spiro atoms. The Bertz CT molecular complexity index is 1320. The minimum Gasteiger partial charge on any atom is -0.497 e. The Labute approximate surface area is 180 Å². The first-order chi connectivity index (χ1) is 14.4. The maximum Gasteiger partial charge on any atom is 0.226 e. The van der Waals surface area contributed by atoms with Gasteiger partial charge in [-0.2, -0.15) is 9.78 Å². The van der Waals surface area contributed by atoms with E-state index < -0.39 is 5.82 Å². The molecule has 0 radical (unpaired) electrons. The lowest BCUT2D eigenvalue weighted by Crippen LogP contribution is -2.25. The molecule has 1 atom stereocenters. The predicted octanol–water partition coefficient (Wildman–Crippen LogP) is 5.07. The molecule has 1 aliphatic rings. The number of hydrogen-bond acceptors (Lipinski definition) is 5. The topological polar surface area (TPSA) is 69.0 Å². The van der Waals surface area contributed by atoms with Gasteiger partial charge in [-0.15, -0.1) is 0 Å². The first-order valence-electron chi connectivity index (χ1n) is 9.24. The highest BCUT2D eigenvalue weighted by atomic mass is 35.5. The van der Waals surface area contributed by atoms with Gasteiger partial charge in [0.2, 0.25) is 11.0 Å². The summed E-state index contributed by atoms with van der Waals surface area (Å²) in [5, 5.41) is 8.52. The second-order valence-corrected chi connectivity index (χ2v) is 8.48. The van der Waals surface area contributed by atoms with Crippen molar-refractivity contribution in [1.82, 2.24) is 14.8 Å².